The van der Waals surface area contributed by atoms with E-state index in [1.165, 1.54) is 0 Å². The number of carboxylic acids is 1. The molecule has 0 amide bonds. The van der Waals surface area contributed by atoms with Crippen LogP contribution in [0.5, 0.6) is 0 Å². The van der Waals surface area contributed by atoms with Gasteiger partial charge >= 0.3 is 5.97 Å². The molecule has 0 aliphatic carbocycles. The summed E-state index contributed by atoms with van der Waals surface area (Å²) in [6, 6.07) is 13.3. The first-order valence-electron chi connectivity index (χ1n) is 7.09. The van der Waals surface area contributed by atoms with Crippen molar-refractivity contribution in [1.29, 1.82) is 0 Å². The van der Waals surface area contributed by atoms with E-state index in [9.17, 15) is 9.90 Å². The van der Waals surface area contributed by atoms with Gasteiger partial charge in [-0.25, -0.2) is 4.79 Å². The highest BCUT2D eigenvalue weighted by atomic mass is 16.4. The van der Waals surface area contributed by atoms with Crippen molar-refractivity contribution >= 4 is 23.0 Å². The van der Waals surface area contributed by atoms with Crippen LogP contribution in [0.2, 0.25) is 0 Å². The quantitative estimate of drug-likeness (QED) is 0.727. The van der Waals surface area contributed by atoms with Crippen LogP contribution in [0.15, 0.2) is 53.0 Å². The summed E-state index contributed by atoms with van der Waals surface area (Å²) in [4.78, 5) is 11.4. The molecule has 3 heteroatoms. The molecule has 0 aliphatic rings. The smallest absolute Gasteiger partial charge is 0.336 e. The number of furan rings is 1. The molecule has 1 heterocycles. The highest BCUT2D eigenvalue weighted by molar-refractivity contribution is 5.94. The third-order valence-corrected chi connectivity index (χ3v) is 3.59. The van der Waals surface area contributed by atoms with Crippen LogP contribution in [0.3, 0.4) is 0 Å². The zero-order valence-corrected chi connectivity index (χ0v) is 12.5. The van der Waals surface area contributed by atoms with Crippen molar-refractivity contribution in [3.63, 3.8) is 0 Å². The van der Waals surface area contributed by atoms with Gasteiger partial charge in [-0.3, -0.25) is 0 Å². The van der Waals surface area contributed by atoms with Gasteiger partial charge in [0.1, 0.15) is 11.3 Å². The van der Waals surface area contributed by atoms with Crippen molar-refractivity contribution in [2.24, 2.45) is 0 Å². The summed E-state index contributed by atoms with van der Waals surface area (Å²) >= 11 is 0. The molecule has 0 saturated carbocycles. The fraction of sp³-hybridized carbons (Fsp3) is 0.105. The Balaban J connectivity index is 2.13. The van der Waals surface area contributed by atoms with Crippen molar-refractivity contribution in [1.82, 2.24) is 0 Å². The number of aromatic carboxylic acids is 1. The first kappa shape index (κ1) is 14.1. The average molecular weight is 292 g/mol. The van der Waals surface area contributed by atoms with Crippen LogP contribution < -0.4 is 0 Å². The maximum atomic E-state index is 11.4. The summed E-state index contributed by atoms with van der Waals surface area (Å²) in [6.07, 6.45) is 3.61. The zero-order chi connectivity index (χ0) is 15.7. The first-order chi connectivity index (χ1) is 10.6. The predicted molar refractivity (Wildman–Crippen MR) is 88.1 cm³/mol. The van der Waals surface area contributed by atoms with Crippen molar-refractivity contribution in [2.45, 2.75) is 13.8 Å². The number of carbonyl (C=O) groups is 1. The molecule has 0 fully saturated rings. The van der Waals surface area contributed by atoms with Gasteiger partial charge in [0.15, 0.2) is 0 Å². The largest absolute Gasteiger partial charge is 0.478 e. The van der Waals surface area contributed by atoms with E-state index in [-0.39, 0.29) is 5.56 Å². The Bertz CT molecular complexity index is 885. The molecule has 110 valence electrons. The molecule has 0 aliphatic heterocycles. The molecule has 22 heavy (non-hydrogen) atoms. The van der Waals surface area contributed by atoms with E-state index in [2.05, 4.69) is 0 Å². The van der Waals surface area contributed by atoms with Gasteiger partial charge in [0.05, 0.1) is 5.56 Å². The minimum atomic E-state index is -0.943. The Morgan fingerprint density at radius 2 is 1.95 bits per heavy atom. The van der Waals surface area contributed by atoms with E-state index < -0.39 is 5.97 Å². The number of rotatable bonds is 3. The molecular weight excluding hydrogens is 276 g/mol. The fourth-order valence-electron chi connectivity index (χ4n) is 2.50. The van der Waals surface area contributed by atoms with Gasteiger partial charge in [-0.15, -0.1) is 0 Å². The van der Waals surface area contributed by atoms with Gasteiger partial charge in [-0.2, -0.15) is 0 Å². The molecule has 2 aromatic carbocycles. The summed E-state index contributed by atoms with van der Waals surface area (Å²) in [5, 5.41) is 10.4. The number of fused-ring (bicyclic) bond motifs is 1. The zero-order valence-electron chi connectivity index (χ0n) is 12.5. The van der Waals surface area contributed by atoms with Gasteiger partial charge in [-0.1, -0.05) is 36.4 Å². The van der Waals surface area contributed by atoms with Crippen LogP contribution in [0.4, 0.5) is 0 Å². The van der Waals surface area contributed by atoms with Crippen LogP contribution in [-0.2, 0) is 0 Å². The summed E-state index contributed by atoms with van der Waals surface area (Å²) in [6.45, 7) is 3.87. The van der Waals surface area contributed by atoms with E-state index >= 15 is 0 Å². The van der Waals surface area contributed by atoms with Crippen molar-refractivity contribution in [2.75, 3.05) is 0 Å². The first-order valence-corrected chi connectivity index (χ1v) is 7.09. The Kier molecular flexibility index (Phi) is 3.55. The topological polar surface area (TPSA) is 50.4 Å². The average Bonchev–Trinajstić information content (AvgIpc) is 2.90. The Hall–Kier alpha value is -2.81. The molecule has 0 unspecified atom stereocenters. The predicted octanol–water partition coefficient (Wildman–Crippen LogP) is 5.14. The summed E-state index contributed by atoms with van der Waals surface area (Å²) < 4.78 is 5.86. The number of aryl methyl sites for hydroxylation is 1. The van der Waals surface area contributed by atoms with Crippen LogP contribution in [0, 0.1) is 6.92 Å². The standard InChI is InChI=1S/C19H16O3/c1-3-4-13-7-8-14(10-16(13)19(20)21)18-11-15-6-5-12(2)9-17(15)22-18/h3-11H,1-2H3,(H,20,21). The molecular formula is C19H16O3. The van der Waals surface area contributed by atoms with Gasteiger partial charge < -0.3 is 9.52 Å². The maximum absolute atomic E-state index is 11.4. The number of benzene rings is 2. The number of allylic oxidation sites excluding steroid dienone is 1. The number of carboxylic acid groups (broad SMARTS) is 1. The summed E-state index contributed by atoms with van der Waals surface area (Å²) in [5.41, 5.74) is 3.66. The summed E-state index contributed by atoms with van der Waals surface area (Å²) in [7, 11) is 0. The van der Waals surface area contributed by atoms with Crippen LogP contribution in [0.25, 0.3) is 28.4 Å². The van der Waals surface area contributed by atoms with E-state index in [0.717, 1.165) is 22.1 Å². The summed E-state index contributed by atoms with van der Waals surface area (Å²) in [5.74, 6) is -0.267. The molecule has 3 aromatic rings. The van der Waals surface area contributed by atoms with Gasteiger partial charge in [0.2, 0.25) is 0 Å². The second-order valence-corrected chi connectivity index (χ2v) is 5.26. The molecule has 0 radical (unpaired) electrons. The Labute approximate surface area is 128 Å². The fourth-order valence-corrected chi connectivity index (χ4v) is 2.50. The third-order valence-electron chi connectivity index (χ3n) is 3.59. The lowest BCUT2D eigenvalue weighted by Crippen LogP contribution is -1.99. The van der Waals surface area contributed by atoms with Gasteiger partial charge in [0.25, 0.3) is 0 Å². The van der Waals surface area contributed by atoms with Gasteiger partial charge in [0, 0.05) is 10.9 Å². The molecule has 0 spiro atoms. The van der Waals surface area contributed by atoms with E-state index in [1.807, 2.05) is 50.3 Å². The minimum Gasteiger partial charge on any atom is -0.478 e. The third kappa shape index (κ3) is 2.53. The molecule has 0 bridgehead atoms. The van der Waals surface area contributed by atoms with E-state index in [0.29, 0.717) is 11.3 Å². The molecule has 3 nitrogen and oxygen atoms in total. The molecule has 0 atom stereocenters. The normalized spacial score (nSPS) is 11.4. The van der Waals surface area contributed by atoms with Crippen molar-refractivity contribution < 1.29 is 14.3 Å². The van der Waals surface area contributed by atoms with E-state index in [4.69, 9.17) is 4.42 Å². The Morgan fingerprint density at radius 1 is 1.14 bits per heavy atom. The van der Waals surface area contributed by atoms with Crippen molar-refractivity contribution in [3.05, 3.63) is 65.2 Å². The monoisotopic (exact) mass is 292 g/mol. The maximum Gasteiger partial charge on any atom is 0.336 e. The highest BCUT2D eigenvalue weighted by Crippen LogP contribution is 2.30. The lowest BCUT2D eigenvalue weighted by Gasteiger charge is -2.04. The Morgan fingerprint density at radius 3 is 2.68 bits per heavy atom. The molecule has 0 saturated heterocycles. The van der Waals surface area contributed by atoms with Gasteiger partial charge in [-0.05, 0) is 43.2 Å². The van der Waals surface area contributed by atoms with Crippen LogP contribution >= 0.6 is 0 Å². The molecule has 1 aromatic heterocycles. The second-order valence-electron chi connectivity index (χ2n) is 5.26. The van der Waals surface area contributed by atoms with Crippen molar-refractivity contribution in [3.8, 4) is 11.3 Å². The molecule has 1 N–H and O–H groups in total. The highest BCUT2D eigenvalue weighted by Gasteiger charge is 2.12. The second kappa shape index (κ2) is 5.53. The van der Waals surface area contributed by atoms with Crippen LogP contribution in [-0.4, -0.2) is 11.1 Å². The lowest BCUT2D eigenvalue weighted by atomic mass is 10.0. The van der Waals surface area contributed by atoms with E-state index in [1.54, 1.807) is 18.2 Å². The lowest BCUT2D eigenvalue weighted by molar-refractivity contribution is 0.0696. The number of hydrogen-bond donors (Lipinski definition) is 1. The number of hydrogen-bond acceptors (Lipinski definition) is 2. The van der Waals surface area contributed by atoms with Crippen LogP contribution in [0.1, 0.15) is 28.4 Å². The molecule has 3 rings (SSSR count). The minimum absolute atomic E-state index is 0.271. The SMILES string of the molecule is CC=Cc1ccc(-c2cc3ccc(C)cc3o2)cc1C(=O)O.